The molecule has 3 aliphatic heterocycles. The number of aromatic nitrogens is 2. The molecule has 0 saturated carbocycles. The normalized spacial score (nSPS) is 23.2. The van der Waals surface area contributed by atoms with E-state index in [4.69, 9.17) is 15.2 Å². The Labute approximate surface area is 240 Å². The van der Waals surface area contributed by atoms with Crippen LogP contribution in [0.3, 0.4) is 0 Å². The lowest BCUT2D eigenvalue weighted by atomic mass is 9.91. The van der Waals surface area contributed by atoms with Crippen molar-refractivity contribution in [3.05, 3.63) is 52.5 Å². The molecule has 3 aliphatic rings. The minimum atomic E-state index is -4.85. The third-order valence-electron chi connectivity index (χ3n) is 8.14. The van der Waals surface area contributed by atoms with Crippen molar-refractivity contribution in [3.63, 3.8) is 0 Å². The minimum absolute atomic E-state index is 0.0232. The number of hydrogen-bond acceptors (Lipinski definition) is 8. The van der Waals surface area contributed by atoms with Gasteiger partial charge in [-0.3, -0.25) is 4.79 Å². The van der Waals surface area contributed by atoms with E-state index in [9.17, 15) is 18.0 Å². The van der Waals surface area contributed by atoms with Crippen LogP contribution >= 0.6 is 0 Å². The molecule has 0 aliphatic carbocycles. The van der Waals surface area contributed by atoms with Crippen LogP contribution in [0.2, 0.25) is 0 Å². The van der Waals surface area contributed by atoms with Gasteiger partial charge in [0.05, 0.1) is 36.2 Å². The van der Waals surface area contributed by atoms with E-state index in [2.05, 4.69) is 21.4 Å². The second-order valence-corrected chi connectivity index (χ2v) is 10.8. The molecule has 42 heavy (non-hydrogen) atoms. The zero-order valence-electron chi connectivity index (χ0n) is 23.4. The first-order chi connectivity index (χ1) is 19.9. The summed E-state index contributed by atoms with van der Waals surface area (Å²) in [5, 5.41) is 0. The van der Waals surface area contributed by atoms with E-state index in [-0.39, 0.29) is 56.9 Å². The number of rotatable bonds is 6. The number of hydrogen-bond donors (Lipinski definition) is 1. The lowest BCUT2D eigenvalue weighted by Gasteiger charge is -2.39. The predicted octanol–water partition coefficient (Wildman–Crippen LogP) is 3.94. The lowest BCUT2D eigenvalue weighted by molar-refractivity contribution is -0.140. The zero-order valence-corrected chi connectivity index (χ0v) is 23.4. The second-order valence-electron chi connectivity index (χ2n) is 10.8. The Morgan fingerprint density at radius 3 is 2.69 bits per heavy atom. The summed E-state index contributed by atoms with van der Waals surface area (Å²) in [5.74, 6) is -1.44. The first kappa shape index (κ1) is 30.0. The van der Waals surface area contributed by atoms with Crippen molar-refractivity contribution >= 4 is 17.4 Å². The van der Waals surface area contributed by atoms with Crippen LogP contribution in [-0.2, 0) is 28.7 Å². The van der Waals surface area contributed by atoms with Crippen LogP contribution in [0.25, 0.3) is 0 Å². The number of aryl methyl sites for hydroxylation is 1. The summed E-state index contributed by atoms with van der Waals surface area (Å²) >= 11 is 0. The molecule has 0 radical (unpaired) electrons. The van der Waals surface area contributed by atoms with Crippen molar-refractivity contribution in [1.82, 2.24) is 19.8 Å². The fourth-order valence-corrected chi connectivity index (χ4v) is 5.93. The molecule has 0 bridgehead atoms. The van der Waals surface area contributed by atoms with E-state index in [1.807, 2.05) is 7.05 Å². The number of carbonyl (C=O) groups excluding carboxylic acids is 1. The molecule has 0 unspecified atom stereocenters. The van der Waals surface area contributed by atoms with Gasteiger partial charge in [0.15, 0.2) is 12.1 Å². The molecule has 1 aromatic heterocycles. The number of anilines is 2. The molecule has 2 aromatic rings. The van der Waals surface area contributed by atoms with Crippen molar-refractivity contribution < 1.29 is 36.2 Å². The Kier molecular flexibility index (Phi) is 8.30. The van der Waals surface area contributed by atoms with E-state index in [0.29, 0.717) is 17.1 Å². The van der Waals surface area contributed by atoms with Crippen LogP contribution in [0.15, 0.2) is 18.7 Å². The van der Waals surface area contributed by atoms with Gasteiger partial charge >= 0.3 is 12.2 Å². The summed E-state index contributed by atoms with van der Waals surface area (Å²) < 4.78 is 84.3. The first-order valence-corrected chi connectivity index (χ1v) is 13.7. The van der Waals surface area contributed by atoms with Gasteiger partial charge in [-0.1, -0.05) is 6.58 Å². The molecule has 1 aromatic carbocycles. The van der Waals surface area contributed by atoms with Crippen LogP contribution in [0.1, 0.15) is 46.9 Å². The number of fused-ring (bicyclic) bond motifs is 1. The molecule has 9 nitrogen and oxygen atoms in total. The molecule has 2 N–H and O–H groups in total. The molecule has 4 heterocycles. The maximum atomic E-state index is 15.2. The molecule has 2 saturated heterocycles. The van der Waals surface area contributed by atoms with Crippen molar-refractivity contribution in [3.8, 4) is 6.01 Å². The third kappa shape index (κ3) is 5.74. The molecule has 0 spiro atoms. The molecular weight excluding hydrogens is 563 g/mol. The summed E-state index contributed by atoms with van der Waals surface area (Å²) in [5.41, 5.74) is 4.00. The Bertz CT molecular complexity index is 1370. The van der Waals surface area contributed by atoms with Crippen molar-refractivity contribution in [2.24, 2.45) is 0 Å². The number of benzene rings is 1. The van der Waals surface area contributed by atoms with E-state index in [0.717, 1.165) is 36.4 Å². The maximum Gasteiger partial charge on any atom is 0.417 e. The SMILES string of the molecule is C=CC(=O)N1CCN(c2nc(OC[C@@H]3CCCN3C)nc3c2CO[C@@H](c2c(F)c(N)cc(C)c2C(F)(F)F)C3)C[C@@H]1F. The highest BCUT2D eigenvalue weighted by Crippen LogP contribution is 2.44. The highest BCUT2D eigenvalue weighted by atomic mass is 19.4. The fraction of sp³-hybridized carbons (Fsp3) is 0.536. The summed E-state index contributed by atoms with van der Waals surface area (Å²) in [4.78, 5) is 25.9. The van der Waals surface area contributed by atoms with Gasteiger partial charge in [-0.2, -0.15) is 23.1 Å². The van der Waals surface area contributed by atoms with Gasteiger partial charge < -0.3 is 29.9 Å². The van der Waals surface area contributed by atoms with Gasteiger partial charge in [-0.25, -0.2) is 8.78 Å². The topological polar surface area (TPSA) is 97.0 Å². The Hall–Kier alpha value is -3.52. The highest BCUT2D eigenvalue weighted by molar-refractivity contribution is 5.87. The van der Waals surface area contributed by atoms with Crippen molar-refractivity contribution in [2.75, 3.05) is 50.5 Å². The van der Waals surface area contributed by atoms with Crippen molar-refractivity contribution in [1.29, 1.82) is 0 Å². The largest absolute Gasteiger partial charge is 0.462 e. The summed E-state index contributed by atoms with van der Waals surface area (Å²) in [6.07, 6.45) is -5.09. The fourth-order valence-electron chi connectivity index (χ4n) is 5.93. The molecule has 228 valence electrons. The van der Waals surface area contributed by atoms with E-state index in [1.54, 1.807) is 4.90 Å². The number of halogens is 5. The molecule has 14 heteroatoms. The van der Waals surface area contributed by atoms with E-state index >= 15 is 8.78 Å². The van der Waals surface area contributed by atoms with Gasteiger partial charge in [0, 0.05) is 36.7 Å². The molecule has 1 amide bonds. The van der Waals surface area contributed by atoms with Crippen molar-refractivity contribution in [2.45, 2.75) is 57.4 Å². The standard InChI is InChI=1S/C28H33F5N6O3/c1-4-22(40)39-9-8-38(12-21(39)29)26-17-14-41-20(23-24(28(31,32)33)15(2)10-18(34)25(23)30)11-19(17)35-27(36-26)42-13-16-6-5-7-37(16)3/h4,10,16,20-21H,1,5-9,11-14,34H2,2-3H3/t16-,20+,21+/m0/s1. The van der Waals surface area contributed by atoms with Gasteiger partial charge in [0.25, 0.3) is 0 Å². The molecule has 2 fully saturated rings. The van der Waals surface area contributed by atoms with Gasteiger partial charge in [-0.15, -0.1) is 0 Å². The minimum Gasteiger partial charge on any atom is -0.462 e. The predicted molar refractivity (Wildman–Crippen MR) is 144 cm³/mol. The van der Waals surface area contributed by atoms with Gasteiger partial charge in [0.1, 0.15) is 12.4 Å². The number of nitrogens with zero attached hydrogens (tertiary/aromatic N) is 5. The number of amides is 1. The molecular formula is C28H33F5N6O3. The first-order valence-electron chi connectivity index (χ1n) is 13.7. The number of piperazine rings is 1. The number of likely N-dealkylation sites (N-methyl/N-ethyl adjacent to an activating group) is 1. The monoisotopic (exact) mass is 596 g/mol. The third-order valence-corrected chi connectivity index (χ3v) is 8.14. The highest BCUT2D eigenvalue weighted by Gasteiger charge is 2.42. The number of carbonyl (C=O) groups is 1. The maximum absolute atomic E-state index is 15.2. The van der Waals surface area contributed by atoms with Crippen LogP contribution in [0.4, 0.5) is 33.5 Å². The van der Waals surface area contributed by atoms with Crippen LogP contribution in [-0.4, -0.2) is 77.8 Å². The van der Waals surface area contributed by atoms with Crippen LogP contribution in [0, 0.1) is 12.7 Å². The zero-order chi connectivity index (χ0) is 30.3. The van der Waals surface area contributed by atoms with E-state index < -0.39 is 47.1 Å². The summed E-state index contributed by atoms with van der Waals surface area (Å²) in [6, 6.07) is 1.06. The number of ether oxygens (including phenoxy) is 2. The summed E-state index contributed by atoms with van der Waals surface area (Å²) in [7, 11) is 1.98. The van der Waals surface area contributed by atoms with Gasteiger partial charge in [0.2, 0.25) is 5.91 Å². The number of nitrogen functional groups attached to an aromatic ring is 1. The smallest absolute Gasteiger partial charge is 0.417 e. The molecule has 3 atom stereocenters. The van der Waals surface area contributed by atoms with Gasteiger partial charge in [-0.05, 0) is 51.1 Å². The quantitative estimate of drug-likeness (QED) is 0.232. The van der Waals surface area contributed by atoms with Crippen LogP contribution < -0.4 is 15.4 Å². The Morgan fingerprint density at radius 1 is 1.29 bits per heavy atom. The average molecular weight is 597 g/mol. The average Bonchev–Trinajstić information content (AvgIpc) is 3.36. The van der Waals surface area contributed by atoms with E-state index in [1.165, 1.54) is 6.92 Å². The molecule has 5 rings (SSSR count). The lowest BCUT2D eigenvalue weighted by Crippen LogP contribution is -2.53. The number of nitrogens with two attached hydrogens (primary N) is 1. The Balaban J connectivity index is 1.51. The number of alkyl halides is 4. The summed E-state index contributed by atoms with van der Waals surface area (Å²) in [6.45, 7) is 5.64. The van der Waals surface area contributed by atoms with Crippen LogP contribution in [0.5, 0.6) is 6.01 Å². The Morgan fingerprint density at radius 2 is 2.05 bits per heavy atom. The number of likely N-dealkylation sites (tertiary alicyclic amines) is 1. The second kappa shape index (κ2) is 11.6.